The first-order chi connectivity index (χ1) is 7.79. The molecule has 0 aromatic rings. The van der Waals surface area contributed by atoms with E-state index in [0.717, 1.165) is 45.4 Å². The summed E-state index contributed by atoms with van der Waals surface area (Å²) in [6, 6.07) is 0. The van der Waals surface area contributed by atoms with Crippen molar-refractivity contribution in [1.29, 1.82) is 0 Å². The summed E-state index contributed by atoms with van der Waals surface area (Å²) in [5, 5.41) is 3.27. The fraction of sp³-hybridized carbons (Fsp3) is 0.923. The molecule has 0 radical (unpaired) electrons. The van der Waals surface area contributed by atoms with Gasteiger partial charge >= 0.3 is 0 Å². The fourth-order valence-electron chi connectivity index (χ4n) is 2.15. The highest BCUT2D eigenvalue weighted by atomic mass is 16.2. The lowest BCUT2D eigenvalue weighted by Crippen LogP contribution is -2.38. The summed E-state index contributed by atoms with van der Waals surface area (Å²) in [7, 11) is 0. The maximum atomic E-state index is 12.2. The van der Waals surface area contributed by atoms with E-state index in [1.807, 2.05) is 0 Å². The van der Waals surface area contributed by atoms with Crippen molar-refractivity contribution in [2.75, 3.05) is 26.2 Å². The van der Waals surface area contributed by atoms with Gasteiger partial charge in [0.05, 0.1) is 5.92 Å². The lowest BCUT2D eigenvalue weighted by molar-refractivity contribution is -0.135. The molecule has 1 amide bonds. The smallest absolute Gasteiger partial charge is 0.227 e. The maximum absolute atomic E-state index is 12.2. The van der Waals surface area contributed by atoms with Crippen molar-refractivity contribution in [3.8, 4) is 0 Å². The van der Waals surface area contributed by atoms with Crippen LogP contribution in [0.25, 0.3) is 0 Å². The molecule has 1 saturated heterocycles. The molecule has 16 heavy (non-hydrogen) atoms. The number of rotatable bonds is 7. The number of unbranched alkanes of at least 4 members (excludes halogenated alkanes) is 2. The van der Waals surface area contributed by atoms with Crippen LogP contribution in [0.2, 0.25) is 0 Å². The highest BCUT2D eigenvalue weighted by molar-refractivity contribution is 5.79. The molecule has 1 aliphatic rings. The van der Waals surface area contributed by atoms with Gasteiger partial charge in [0.25, 0.3) is 0 Å². The Hall–Kier alpha value is -0.570. The average Bonchev–Trinajstić information content (AvgIpc) is 2.82. The summed E-state index contributed by atoms with van der Waals surface area (Å²) in [5.41, 5.74) is 0. The third-order valence-electron chi connectivity index (χ3n) is 3.28. The molecule has 0 bridgehead atoms. The van der Waals surface area contributed by atoms with Crippen LogP contribution in [0.15, 0.2) is 0 Å². The molecule has 1 aliphatic heterocycles. The molecular weight excluding hydrogens is 200 g/mol. The molecule has 3 heteroatoms. The first-order valence-corrected chi connectivity index (χ1v) is 6.79. The summed E-state index contributed by atoms with van der Waals surface area (Å²) >= 11 is 0. The Morgan fingerprint density at radius 3 is 2.31 bits per heavy atom. The number of hydrogen-bond donors (Lipinski definition) is 1. The van der Waals surface area contributed by atoms with Crippen molar-refractivity contribution in [1.82, 2.24) is 10.2 Å². The molecule has 1 fully saturated rings. The highest BCUT2D eigenvalue weighted by Crippen LogP contribution is 2.13. The van der Waals surface area contributed by atoms with Crippen molar-refractivity contribution >= 4 is 5.91 Å². The fourth-order valence-corrected chi connectivity index (χ4v) is 2.15. The quantitative estimate of drug-likeness (QED) is 0.720. The van der Waals surface area contributed by atoms with Crippen LogP contribution in [0.1, 0.15) is 46.0 Å². The molecule has 0 saturated carbocycles. The Morgan fingerprint density at radius 2 is 1.88 bits per heavy atom. The summed E-state index contributed by atoms with van der Waals surface area (Å²) in [5.74, 6) is 0.626. The van der Waals surface area contributed by atoms with E-state index in [-0.39, 0.29) is 5.92 Å². The number of nitrogens with zero attached hydrogens (tertiary/aromatic N) is 1. The molecule has 0 aromatic carbocycles. The van der Waals surface area contributed by atoms with Crippen LogP contribution < -0.4 is 5.32 Å². The Bertz CT molecular complexity index is 192. The topological polar surface area (TPSA) is 32.3 Å². The predicted octanol–water partition coefficient (Wildman–Crippen LogP) is 2.02. The second kappa shape index (κ2) is 7.66. The van der Waals surface area contributed by atoms with E-state index in [9.17, 15) is 4.79 Å². The van der Waals surface area contributed by atoms with Gasteiger partial charge in [0, 0.05) is 19.6 Å². The molecule has 1 atom stereocenters. The number of hydrogen-bond acceptors (Lipinski definition) is 2. The first-order valence-electron chi connectivity index (χ1n) is 6.79. The van der Waals surface area contributed by atoms with E-state index in [0.29, 0.717) is 5.91 Å². The second-order valence-corrected chi connectivity index (χ2v) is 4.72. The van der Waals surface area contributed by atoms with E-state index in [2.05, 4.69) is 24.1 Å². The maximum Gasteiger partial charge on any atom is 0.227 e. The van der Waals surface area contributed by atoms with E-state index in [4.69, 9.17) is 0 Å². The largest absolute Gasteiger partial charge is 0.342 e. The summed E-state index contributed by atoms with van der Waals surface area (Å²) in [6.07, 6.45) is 5.62. The SMILES string of the molecule is CCCCN(CCCC)C(=O)C1CCNC1. The predicted molar refractivity (Wildman–Crippen MR) is 67.4 cm³/mol. The van der Waals surface area contributed by atoms with Gasteiger partial charge in [0.2, 0.25) is 5.91 Å². The van der Waals surface area contributed by atoms with Crippen LogP contribution in [0.3, 0.4) is 0 Å². The zero-order chi connectivity index (χ0) is 11.8. The monoisotopic (exact) mass is 226 g/mol. The first kappa shape index (κ1) is 13.5. The molecular formula is C13H26N2O. The van der Waals surface area contributed by atoms with Crippen LogP contribution in [-0.2, 0) is 4.79 Å². The minimum Gasteiger partial charge on any atom is -0.342 e. The van der Waals surface area contributed by atoms with Crippen molar-refractivity contribution in [2.24, 2.45) is 5.92 Å². The molecule has 1 unspecified atom stereocenters. The van der Waals surface area contributed by atoms with Gasteiger partial charge in [0.15, 0.2) is 0 Å². The van der Waals surface area contributed by atoms with Gasteiger partial charge in [-0.25, -0.2) is 0 Å². The van der Waals surface area contributed by atoms with E-state index in [1.54, 1.807) is 0 Å². The zero-order valence-corrected chi connectivity index (χ0v) is 10.8. The van der Waals surface area contributed by atoms with Gasteiger partial charge in [-0.2, -0.15) is 0 Å². The highest BCUT2D eigenvalue weighted by Gasteiger charge is 2.26. The Morgan fingerprint density at radius 1 is 1.25 bits per heavy atom. The van der Waals surface area contributed by atoms with E-state index < -0.39 is 0 Å². The van der Waals surface area contributed by atoms with E-state index in [1.165, 1.54) is 12.8 Å². The van der Waals surface area contributed by atoms with Gasteiger partial charge < -0.3 is 10.2 Å². The normalized spacial score (nSPS) is 20.0. The molecule has 1 heterocycles. The molecule has 3 nitrogen and oxygen atoms in total. The molecule has 1 rings (SSSR count). The Labute approximate surface area is 99.6 Å². The minimum atomic E-state index is 0.244. The van der Waals surface area contributed by atoms with Crippen molar-refractivity contribution in [3.63, 3.8) is 0 Å². The Balaban J connectivity index is 2.41. The van der Waals surface area contributed by atoms with E-state index >= 15 is 0 Å². The summed E-state index contributed by atoms with van der Waals surface area (Å²) < 4.78 is 0. The van der Waals surface area contributed by atoms with Crippen LogP contribution in [0, 0.1) is 5.92 Å². The number of carbonyl (C=O) groups is 1. The second-order valence-electron chi connectivity index (χ2n) is 4.72. The number of carbonyl (C=O) groups excluding carboxylic acids is 1. The van der Waals surface area contributed by atoms with Crippen molar-refractivity contribution < 1.29 is 4.79 Å². The van der Waals surface area contributed by atoms with Gasteiger partial charge in [-0.3, -0.25) is 4.79 Å². The Kier molecular flexibility index (Phi) is 6.46. The molecule has 0 aliphatic carbocycles. The molecule has 0 aromatic heterocycles. The van der Waals surface area contributed by atoms with Crippen LogP contribution in [-0.4, -0.2) is 37.0 Å². The molecule has 0 spiro atoms. The average molecular weight is 226 g/mol. The lowest BCUT2D eigenvalue weighted by Gasteiger charge is -2.25. The number of amides is 1. The van der Waals surface area contributed by atoms with Crippen LogP contribution >= 0.6 is 0 Å². The summed E-state index contributed by atoms with van der Waals surface area (Å²) in [4.78, 5) is 14.3. The van der Waals surface area contributed by atoms with Gasteiger partial charge in [-0.1, -0.05) is 26.7 Å². The standard InChI is InChI=1S/C13H26N2O/c1-3-5-9-15(10-6-4-2)13(16)12-7-8-14-11-12/h12,14H,3-11H2,1-2H3. The minimum absolute atomic E-state index is 0.244. The number of nitrogens with one attached hydrogen (secondary N) is 1. The van der Waals surface area contributed by atoms with Crippen molar-refractivity contribution in [3.05, 3.63) is 0 Å². The molecule has 94 valence electrons. The lowest BCUT2D eigenvalue weighted by atomic mass is 10.1. The van der Waals surface area contributed by atoms with Crippen LogP contribution in [0.4, 0.5) is 0 Å². The van der Waals surface area contributed by atoms with Crippen LogP contribution in [0.5, 0.6) is 0 Å². The molecule has 1 N–H and O–H groups in total. The third-order valence-corrected chi connectivity index (χ3v) is 3.28. The van der Waals surface area contributed by atoms with Gasteiger partial charge in [0.1, 0.15) is 0 Å². The van der Waals surface area contributed by atoms with Gasteiger partial charge in [-0.15, -0.1) is 0 Å². The third kappa shape index (κ3) is 4.12. The zero-order valence-electron chi connectivity index (χ0n) is 10.8. The van der Waals surface area contributed by atoms with Gasteiger partial charge in [-0.05, 0) is 25.8 Å². The summed E-state index contributed by atoms with van der Waals surface area (Å²) in [6.45, 7) is 8.15. The van der Waals surface area contributed by atoms with Crippen molar-refractivity contribution in [2.45, 2.75) is 46.0 Å².